The van der Waals surface area contributed by atoms with Gasteiger partial charge >= 0.3 is 5.97 Å². The Morgan fingerprint density at radius 2 is 1.95 bits per heavy atom. The number of benzene rings is 1. The van der Waals surface area contributed by atoms with E-state index < -0.39 is 21.6 Å². The molecule has 0 unspecified atom stereocenters. The van der Waals surface area contributed by atoms with Gasteiger partial charge in [-0.1, -0.05) is 11.6 Å². The molecule has 20 heavy (non-hydrogen) atoms. The first kappa shape index (κ1) is 13.6. The second-order valence-electron chi connectivity index (χ2n) is 5.48. The molecular weight excluding hydrogens is 309 g/mol. The standard InChI is InChI=1S/C12H11ClFNO4S/c13-10-8(11(16)17)1-7(14)2-9(10)15-3-12(4-15)5-20(18,19)6-12/h1-2H,3-6H2,(H,16,17). The van der Waals surface area contributed by atoms with Gasteiger partial charge in [-0.15, -0.1) is 0 Å². The van der Waals surface area contributed by atoms with Crippen molar-refractivity contribution in [2.45, 2.75) is 0 Å². The highest BCUT2D eigenvalue weighted by Gasteiger charge is 2.56. The first-order valence-corrected chi connectivity index (χ1v) is 8.09. The number of carboxylic acid groups (broad SMARTS) is 1. The molecule has 2 aliphatic heterocycles. The zero-order valence-electron chi connectivity index (χ0n) is 10.3. The molecule has 1 spiro atoms. The van der Waals surface area contributed by atoms with Crippen molar-refractivity contribution >= 4 is 33.1 Å². The van der Waals surface area contributed by atoms with E-state index in [1.54, 1.807) is 4.90 Å². The Bertz CT molecular complexity index is 698. The highest BCUT2D eigenvalue weighted by Crippen LogP contribution is 2.45. The summed E-state index contributed by atoms with van der Waals surface area (Å²) in [6.07, 6.45) is 0. The number of rotatable bonds is 2. The molecule has 5 nitrogen and oxygen atoms in total. The zero-order valence-corrected chi connectivity index (χ0v) is 11.8. The van der Waals surface area contributed by atoms with Gasteiger partial charge in [0, 0.05) is 18.5 Å². The minimum atomic E-state index is -2.92. The van der Waals surface area contributed by atoms with Crippen LogP contribution in [0, 0.1) is 11.2 Å². The van der Waals surface area contributed by atoms with Crippen LogP contribution in [0.5, 0.6) is 0 Å². The molecule has 0 aromatic heterocycles. The molecule has 2 aliphatic rings. The molecule has 1 aromatic carbocycles. The Labute approximate surface area is 119 Å². The van der Waals surface area contributed by atoms with E-state index >= 15 is 0 Å². The van der Waals surface area contributed by atoms with Crippen molar-refractivity contribution < 1.29 is 22.7 Å². The lowest BCUT2D eigenvalue weighted by Gasteiger charge is -2.56. The average molecular weight is 320 g/mol. The Hall–Kier alpha value is -1.34. The van der Waals surface area contributed by atoms with Crippen LogP contribution in [0.2, 0.25) is 5.02 Å². The maximum atomic E-state index is 13.5. The fraction of sp³-hybridized carbons (Fsp3) is 0.417. The molecular formula is C12H11ClFNO4S. The molecule has 0 amide bonds. The maximum absolute atomic E-state index is 13.5. The number of carbonyl (C=O) groups is 1. The molecule has 1 N–H and O–H groups in total. The summed E-state index contributed by atoms with van der Waals surface area (Å²) < 4.78 is 35.9. The monoisotopic (exact) mass is 319 g/mol. The van der Waals surface area contributed by atoms with Crippen LogP contribution in [0.15, 0.2) is 12.1 Å². The summed E-state index contributed by atoms with van der Waals surface area (Å²) in [5.41, 5.74) is -0.249. The van der Waals surface area contributed by atoms with Crippen LogP contribution in [0.4, 0.5) is 10.1 Å². The molecule has 2 saturated heterocycles. The first-order chi connectivity index (χ1) is 9.21. The van der Waals surface area contributed by atoms with E-state index in [-0.39, 0.29) is 27.5 Å². The van der Waals surface area contributed by atoms with Gasteiger partial charge in [0.2, 0.25) is 0 Å². The molecule has 8 heteroatoms. The molecule has 2 fully saturated rings. The fourth-order valence-corrected chi connectivity index (χ4v) is 5.42. The van der Waals surface area contributed by atoms with Gasteiger partial charge in [0.1, 0.15) is 5.82 Å². The summed E-state index contributed by atoms with van der Waals surface area (Å²) in [7, 11) is -2.92. The second kappa shape index (κ2) is 4.08. The van der Waals surface area contributed by atoms with Crippen LogP contribution in [0.25, 0.3) is 0 Å². The van der Waals surface area contributed by atoms with E-state index in [1.165, 1.54) is 6.07 Å². The Kier molecular flexibility index (Phi) is 2.78. The summed E-state index contributed by atoms with van der Waals surface area (Å²) in [5, 5.41) is 8.95. The number of hydrogen-bond acceptors (Lipinski definition) is 4. The van der Waals surface area contributed by atoms with E-state index in [2.05, 4.69) is 0 Å². The van der Waals surface area contributed by atoms with Crippen molar-refractivity contribution in [3.8, 4) is 0 Å². The molecule has 0 aliphatic carbocycles. The topological polar surface area (TPSA) is 74.7 Å². The van der Waals surface area contributed by atoms with Crippen molar-refractivity contribution in [3.63, 3.8) is 0 Å². The number of aromatic carboxylic acids is 1. The van der Waals surface area contributed by atoms with E-state index in [0.717, 1.165) is 6.07 Å². The summed E-state index contributed by atoms with van der Waals surface area (Å²) in [6, 6.07) is 2.05. The van der Waals surface area contributed by atoms with E-state index in [4.69, 9.17) is 16.7 Å². The van der Waals surface area contributed by atoms with Crippen LogP contribution in [-0.4, -0.2) is 44.1 Å². The third kappa shape index (κ3) is 2.05. The molecule has 108 valence electrons. The minimum Gasteiger partial charge on any atom is -0.478 e. The van der Waals surface area contributed by atoms with Gasteiger partial charge in [0.15, 0.2) is 9.84 Å². The van der Waals surface area contributed by atoms with Crippen LogP contribution in [0.3, 0.4) is 0 Å². The summed E-state index contributed by atoms with van der Waals surface area (Å²) in [6.45, 7) is 0.906. The smallest absolute Gasteiger partial charge is 0.337 e. The van der Waals surface area contributed by atoms with Gasteiger partial charge in [-0.25, -0.2) is 17.6 Å². The van der Waals surface area contributed by atoms with Gasteiger partial charge in [-0.05, 0) is 12.1 Å². The third-order valence-corrected chi connectivity index (χ3v) is 6.20. The third-order valence-electron chi connectivity index (χ3n) is 3.69. The number of nitrogens with zero attached hydrogens (tertiary/aromatic N) is 1. The normalized spacial score (nSPS) is 22.2. The predicted molar refractivity (Wildman–Crippen MR) is 71.7 cm³/mol. The summed E-state index contributed by atoms with van der Waals surface area (Å²) in [5.74, 6) is -1.70. The van der Waals surface area contributed by atoms with Crippen molar-refractivity contribution in [2.75, 3.05) is 29.5 Å². The molecule has 3 rings (SSSR count). The van der Waals surface area contributed by atoms with Crippen LogP contribution < -0.4 is 4.90 Å². The van der Waals surface area contributed by atoms with E-state index in [1.807, 2.05) is 0 Å². The lowest BCUT2D eigenvalue weighted by atomic mass is 9.82. The lowest BCUT2D eigenvalue weighted by molar-refractivity contribution is 0.0696. The second-order valence-corrected chi connectivity index (χ2v) is 7.92. The summed E-state index contributed by atoms with van der Waals surface area (Å²) in [4.78, 5) is 12.7. The minimum absolute atomic E-state index is 0.0177. The number of anilines is 1. The lowest BCUT2D eigenvalue weighted by Crippen LogP contribution is -2.68. The Morgan fingerprint density at radius 3 is 2.45 bits per heavy atom. The predicted octanol–water partition coefficient (Wildman–Crippen LogP) is 1.41. The van der Waals surface area contributed by atoms with Crippen molar-refractivity contribution in [1.82, 2.24) is 0 Å². The van der Waals surface area contributed by atoms with Gasteiger partial charge in [0.25, 0.3) is 0 Å². The van der Waals surface area contributed by atoms with E-state index in [9.17, 15) is 17.6 Å². The zero-order chi connectivity index (χ0) is 14.7. The van der Waals surface area contributed by atoms with Crippen molar-refractivity contribution in [3.05, 3.63) is 28.5 Å². The quantitative estimate of drug-likeness (QED) is 0.892. The van der Waals surface area contributed by atoms with E-state index in [0.29, 0.717) is 18.8 Å². The van der Waals surface area contributed by atoms with Crippen LogP contribution >= 0.6 is 11.6 Å². The highest BCUT2D eigenvalue weighted by atomic mass is 35.5. The fourth-order valence-electron chi connectivity index (χ4n) is 2.97. The van der Waals surface area contributed by atoms with Crippen LogP contribution in [-0.2, 0) is 9.84 Å². The number of hydrogen-bond donors (Lipinski definition) is 1. The van der Waals surface area contributed by atoms with Gasteiger partial charge in [-0.2, -0.15) is 0 Å². The Balaban J connectivity index is 1.85. The average Bonchev–Trinajstić information content (AvgIpc) is 2.24. The molecule has 0 saturated carbocycles. The SMILES string of the molecule is O=C(O)c1cc(F)cc(N2CC3(C2)CS(=O)(=O)C3)c1Cl. The van der Waals surface area contributed by atoms with Gasteiger partial charge in [-0.3, -0.25) is 0 Å². The number of sulfone groups is 1. The van der Waals surface area contributed by atoms with Gasteiger partial charge in [0.05, 0.1) is 27.8 Å². The van der Waals surface area contributed by atoms with Gasteiger partial charge < -0.3 is 10.0 Å². The Morgan fingerprint density at radius 1 is 1.35 bits per heavy atom. The largest absolute Gasteiger partial charge is 0.478 e. The molecule has 1 aromatic rings. The number of halogens is 2. The maximum Gasteiger partial charge on any atom is 0.337 e. The van der Waals surface area contributed by atoms with Crippen molar-refractivity contribution in [2.24, 2.45) is 5.41 Å². The van der Waals surface area contributed by atoms with Crippen LogP contribution in [0.1, 0.15) is 10.4 Å². The molecule has 2 heterocycles. The first-order valence-electron chi connectivity index (χ1n) is 5.89. The van der Waals surface area contributed by atoms with Crippen molar-refractivity contribution in [1.29, 1.82) is 0 Å². The molecule has 0 bridgehead atoms. The number of carboxylic acids is 1. The summed E-state index contributed by atoms with van der Waals surface area (Å²) >= 11 is 5.99. The highest BCUT2D eigenvalue weighted by molar-refractivity contribution is 7.92. The molecule has 0 radical (unpaired) electrons. The molecule has 0 atom stereocenters.